The third-order valence-corrected chi connectivity index (χ3v) is 5.45. The number of pyridine rings is 1. The molecule has 2 N–H and O–H groups in total. The molecule has 0 radical (unpaired) electrons. The minimum absolute atomic E-state index is 0.246. The standard InChI is InChI=1S/C18H23IN4O/c19-17-10-13-3-4-15(22-6-8-24-9-7-22)11-16(13)18(21-17)23-5-1-2-14(20)12-23/h3-4,10-11,14H,1-2,5-9,12,20H2/t14-/m0/s1. The summed E-state index contributed by atoms with van der Waals surface area (Å²) in [5, 5.41) is 2.48. The van der Waals surface area contributed by atoms with Crippen molar-refractivity contribution in [1.82, 2.24) is 4.98 Å². The molecule has 0 amide bonds. The van der Waals surface area contributed by atoms with E-state index in [4.69, 9.17) is 15.5 Å². The Hall–Kier alpha value is -1.12. The molecule has 2 fully saturated rings. The highest BCUT2D eigenvalue weighted by atomic mass is 127. The summed E-state index contributed by atoms with van der Waals surface area (Å²) in [6, 6.07) is 9.13. The van der Waals surface area contributed by atoms with E-state index in [2.05, 4.69) is 56.7 Å². The van der Waals surface area contributed by atoms with Crippen LogP contribution < -0.4 is 15.5 Å². The van der Waals surface area contributed by atoms with Crippen LogP contribution in [0.4, 0.5) is 11.5 Å². The lowest BCUT2D eigenvalue weighted by atomic mass is 10.0. The lowest BCUT2D eigenvalue weighted by molar-refractivity contribution is 0.122. The average molecular weight is 438 g/mol. The SMILES string of the molecule is N[C@H]1CCCN(c2nc(I)cc3ccc(N4CCOCC4)cc23)C1. The van der Waals surface area contributed by atoms with E-state index in [0.717, 1.165) is 61.8 Å². The van der Waals surface area contributed by atoms with Gasteiger partial charge in [-0.1, -0.05) is 6.07 Å². The highest BCUT2D eigenvalue weighted by Crippen LogP contribution is 2.32. The summed E-state index contributed by atoms with van der Waals surface area (Å²) in [5.74, 6) is 1.09. The maximum Gasteiger partial charge on any atom is 0.137 e. The van der Waals surface area contributed by atoms with Gasteiger partial charge in [-0.15, -0.1) is 0 Å². The molecule has 1 aromatic heterocycles. The summed E-state index contributed by atoms with van der Waals surface area (Å²) in [4.78, 5) is 9.62. The van der Waals surface area contributed by atoms with E-state index in [9.17, 15) is 0 Å². The molecule has 3 heterocycles. The number of halogens is 1. The van der Waals surface area contributed by atoms with Gasteiger partial charge in [-0.05, 0) is 59.0 Å². The van der Waals surface area contributed by atoms with Crippen LogP contribution in [-0.2, 0) is 4.74 Å². The number of anilines is 2. The zero-order valence-corrected chi connectivity index (χ0v) is 15.9. The van der Waals surface area contributed by atoms with Crippen molar-refractivity contribution in [3.05, 3.63) is 28.0 Å². The second-order valence-electron chi connectivity index (χ2n) is 6.62. The monoisotopic (exact) mass is 438 g/mol. The first-order chi connectivity index (χ1) is 11.7. The number of piperidine rings is 1. The maximum absolute atomic E-state index is 6.20. The highest BCUT2D eigenvalue weighted by Gasteiger charge is 2.21. The predicted molar refractivity (Wildman–Crippen MR) is 107 cm³/mol. The van der Waals surface area contributed by atoms with Crippen LogP contribution in [0.2, 0.25) is 0 Å². The van der Waals surface area contributed by atoms with E-state index in [0.29, 0.717) is 0 Å². The second-order valence-corrected chi connectivity index (χ2v) is 7.73. The molecule has 24 heavy (non-hydrogen) atoms. The lowest BCUT2D eigenvalue weighted by Gasteiger charge is -2.33. The van der Waals surface area contributed by atoms with Gasteiger partial charge < -0.3 is 20.3 Å². The Kier molecular flexibility index (Phi) is 4.78. The second kappa shape index (κ2) is 7.01. The summed E-state index contributed by atoms with van der Waals surface area (Å²) in [5.41, 5.74) is 7.46. The summed E-state index contributed by atoms with van der Waals surface area (Å²) in [6.45, 7) is 5.44. The van der Waals surface area contributed by atoms with Crippen molar-refractivity contribution in [1.29, 1.82) is 0 Å². The molecule has 0 aliphatic carbocycles. The Morgan fingerprint density at radius 3 is 2.75 bits per heavy atom. The molecule has 2 aromatic rings. The fraction of sp³-hybridized carbons (Fsp3) is 0.500. The number of rotatable bonds is 2. The molecule has 0 saturated carbocycles. The van der Waals surface area contributed by atoms with Gasteiger partial charge in [-0.3, -0.25) is 0 Å². The van der Waals surface area contributed by atoms with Crippen LogP contribution in [0.5, 0.6) is 0 Å². The molecule has 2 aliphatic rings. The van der Waals surface area contributed by atoms with E-state index in [-0.39, 0.29) is 6.04 Å². The first kappa shape index (κ1) is 16.4. The van der Waals surface area contributed by atoms with Gasteiger partial charge in [0.1, 0.15) is 9.52 Å². The van der Waals surface area contributed by atoms with Crippen LogP contribution >= 0.6 is 22.6 Å². The van der Waals surface area contributed by atoms with E-state index in [1.165, 1.54) is 16.5 Å². The van der Waals surface area contributed by atoms with Crippen LogP contribution in [-0.4, -0.2) is 50.4 Å². The zero-order chi connectivity index (χ0) is 16.5. The average Bonchev–Trinajstić information content (AvgIpc) is 2.61. The molecule has 5 nitrogen and oxygen atoms in total. The quantitative estimate of drug-likeness (QED) is 0.577. The van der Waals surface area contributed by atoms with Gasteiger partial charge in [0.2, 0.25) is 0 Å². The molecule has 6 heteroatoms. The van der Waals surface area contributed by atoms with Crippen LogP contribution in [0.25, 0.3) is 10.8 Å². The van der Waals surface area contributed by atoms with Crippen LogP contribution in [0.1, 0.15) is 12.8 Å². The minimum Gasteiger partial charge on any atom is -0.378 e. The van der Waals surface area contributed by atoms with E-state index in [1.807, 2.05) is 0 Å². The predicted octanol–water partition coefficient (Wildman–Crippen LogP) is 2.60. The molecule has 0 bridgehead atoms. The van der Waals surface area contributed by atoms with Gasteiger partial charge in [-0.2, -0.15) is 0 Å². The topological polar surface area (TPSA) is 54.6 Å². The Labute approximate surface area is 156 Å². The number of nitrogens with zero attached hydrogens (tertiary/aromatic N) is 3. The Morgan fingerprint density at radius 2 is 1.96 bits per heavy atom. The van der Waals surface area contributed by atoms with E-state index >= 15 is 0 Å². The number of aromatic nitrogens is 1. The van der Waals surface area contributed by atoms with Crippen LogP contribution in [0.3, 0.4) is 0 Å². The van der Waals surface area contributed by atoms with Crippen molar-refractivity contribution in [3.8, 4) is 0 Å². The van der Waals surface area contributed by atoms with Crippen molar-refractivity contribution < 1.29 is 4.74 Å². The van der Waals surface area contributed by atoms with Crippen molar-refractivity contribution in [2.24, 2.45) is 5.73 Å². The van der Waals surface area contributed by atoms with Gasteiger partial charge in [0, 0.05) is 43.3 Å². The number of ether oxygens (including phenoxy) is 1. The summed E-state index contributed by atoms with van der Waals surface area (Å²) in [6.07, 6.45) is 2.25. The molecule has 1 atom stereocenters. The number of benzene rings is 1. The van der Waals surface area contributed by atoms with Crippen molar-refractivity contribution in [3.63, 3.8) is 0 Å². The molecular weight excluding hydrogens is 415 g/mol. The Balaban J connectivity index is 1.76. The fourth-order valence-electron chi connectivity index (χ4n) is 3.65. The zero-order valence-electron chi connectivity index (χ0n) is 13.7. The summed E-state index contributed by atoms with van der Waals surface area (Å²) in [7, 11) is 0. The third-order valence-electron chi connectivity index (χ3n) is 4.90. The van der Waals surface area contributed by atoms with Crippen molar-refractivity contribution in [2.45, 2.75) is 18.9 Å². The van der Waals surface area contributed by atoms with Gasteiger partial charge in [-0.25, -0.2) is 4.98 Å². The van der Waals surface area contributed by atoms with Crippen LogP contribution in [0.15, 0.2) is 24.3 Å². The number of fused-ring (bicyclic) bond motifs is 1. The number of hydrogen-bond acceptors (Lipinski definition) is 5. The van der Waals surface area contributed by atoms with Crippen molar-refractivity contribution >= 4 is 44.9 Å². The first-order valence-corrected chi connectivity index (χ1v) is 9.72. The van der Waals surface area contributed by atoms with Gasteiger partial charge in [0.15, 0.2) is 0 Å². The molecule has 1 aromatic carbocycles. The van der Waals surface area contributed by atoms with Gasteiger partial charge in [0.05, 0.1) is 13.2 Å². The fourth-order valence-corrected chi connectivity index (χ4v) is 4.21. The number of hydrogen-bond donors (Lipinski definition) is 1. The molecule has 0 spiro atoms. The smallest absolute Gasteiger partial charge is 0.137 e. The molecule has 128 valence electrons. The lowest BCUT2D eigenvalue weighted by Crippen LogP contribution is -2.43. The summed E-state index contributed by atoms with van der Waals surface area (Å²) >= 11 is 2.31. The van der Waals surface area contributed by atoms with Crippen LogP contribution in [0, 0.1) is 3.70 Å². The number of nitrogens with two attached hydrogens (primary N) is 1. The molecule has 2 saturated heterocycles. The van der Waals surface area contributed by atoms with Gasteiger partial charge >= 0.3 is 0 Å². The maximum atomic E-state index is 6.20. The Morgan fingerprint density at radius 1 is 1.12 bits per heavy atom. The molecule has 2 aliphatic heterocycles. The van der Waals surface area contributed by atoms with E-state index < -0.39 is 0 Å². The minimum atomic E-state index is 0.246. The Bertz CT molecular complexity index is 732. The van der Waals surface area contributed by atoms with E-state index in [1.54, 1.807) is 0 Å². The first-order valence-electron chi connectivity index (χ1n) is 8.64. The van der Waals surface area contributed by atoms with Crippen molar-refractivity contribution in [2.75, 3.05) is 49.2 Å². The molecule has 0 unspecified atom stereocenters. The summed E-state index contributed by atoms with van der Waals surface area (Å²) < 4.78 is 6.51. The van der Waals surface area contributed by atoms with Gasteiger partial charge in [0.25, 0.3) is 0 Å². The molecule has 4 rings (SSSR count). The highest BCUT2D eigenvalue weighted by molar-refractivity contribution is 14.1. The number of morpholine rings is 1. The third kappa shape index (κ3) is 3.32. The largest absolute Gasteiger partial charge is 0.378 e. The molecular formula is C18H23IN4O. The normalized spacial score (nSPS) is 22.2.